The molecule has 0 saturated heterocycles. The Balaban J connectivity index is 2.45. The Hall–Kier alpha value is 1.04. The van der Waals surface area contributed by atoms with Gasteiger partial charge in [-0.25, -0.2) is 0 Å². The first-order valence-electron chi connectivity index (χ1n) is 2.13. The largest absolute Gasteiger partial charge is 0.319 e. The van der Waals surface area contributed by atoms with Gasteiger partial charge in [0.2, 0.25) is 0 Å². The van der Waals surface area contributed by atoms with Crippen molar-refractivity contribution < 1.29 is 4.18 Å². The van der Waals surface area contributed by atoms with E-state index in [-0.39, 0.29) is 0 Å². The lowest BCUT2D eigenvalue weighted by molar-refractivity contribution is 0.489. The molecule has 0 unspecified atom stereocenters. The molecule has 0 aliphatic rings. The van der Waals surface area contributed by atoms with Gasteiger partial charge in [0.1, 0.15) is 0 Å². The van der Waals surface area contributed by atoms with Crippen LogP contribution in [0.3, 0.4) is 0 Å². The highest BCUT2D eigenvalue weighted by Gasteiger charge is 1.81. The molecule has 0 aliphatic carbocycles. The Morgan fingerprint density at radius 3 is 2.86 bits per heavy atom. The van der Waals surface area contributed by atoms with Crippen LogP contribution >= 0.6 is 34.6 Å². The average molecular weight is 232 g/mol. The topological polar surface area (TPSA) is 9.23 Å². The van der Waals surface area contributed by atoms with Crippen LogP contribution < -0.4 is 0 Å². The summed E-state index contributed by atoms with van der Waals surface area (Å²) >= 11 is 3.89. The Kier molecular flexibility index (Phi) is 8.09. The van der Waals surface area contributed by atoms with Gasteiger partial charge in [0.05, 0.1) is 7.11 Å². The molecule has 0 amide bonds. The molecule has 0 bridgehead atoms. The Bertz CT molecular complexity index is 30.9. The minimum absolute atomic E-state index is 1.12. The first-order chi connectivity index (χ1) is 3.41. The fraction of sp³-hybridized carbons (Fsp3) is 1.00. The van der Waals surface area contributed by atoms with E-state index in [9.17, 15) is 0 Å². The van der Waals surface area contributed by atoms with Gasteiger partial charge in [-0.1, -0.05) is 22.6 Å². The number of alkyl halides is 1. The van der Waals surface area contributed by atoms with E-state index in [2.05, 4.69) is 22.6 Å². The Morgan fingerprint density at radius 1 is 1.71 bits per heavy atom. The Labute approximate surface area is 62.5 Å². The maximum Gasteiger partial charge on any atom is 0.0503 e. The lowest BCUT2D eigenvalue weighted by Gasteiger charge is -1.90. The molecule has 0 aliphatic heterocycles. The minimum Gasteiger partial charge on any atom is -0.319 e. The third kappa shape index (κ3) is 7.04. The summed E-state index contributed by atoms with van der Waals surface area (Å²) in [6.45, 7) is 0. The molecule has 3 heteroatoms. The van der Waals surface area contributed by atoms with Crippen LogP contribution in [0.4, 0.5) is 0 Å². The summed E-state index contributed by atoms with van der Waals surface area (Å²) in [5, 5.41) is 0. The van der Waals surface area contributed by atoms with Gasteiger partial charge in [0, 0.05) is 10.2 Å². The summed E-state index contributed by atoms with van der Waals surface area (Å²) in [4.78, 5) is 0. The van der Waals surface area contributed by atoms with Crippen molar-refractivity contribution in [3.63, 3.8) is 0 Å². The van der Waals surface area contributed by atoms with Gasteiger partial charge < -0.3 is 4.18 Å². The number of hydrogen-bond donors (Lipinski definition) is 0. The van der Waals surface area contributed by atoms with E-state index in [1.54, 1.807) is 7.11 Å². The van der Waals surface area contributed by atoms with Gasteiger partial charge in [-0.15, -0.1) is 0 Å². The monoisotopic (exact) mass is 232 g/mol. The summed E-state index contributed by atoms with van der Waals surface area (Å²) < 4.78 is 5.99. The lowest BCUT2D eigenvalue weighted by atomic mass is 10.6. The fourth-order valence-corrected chi connectivity index (χ4v) is 1.52. The van der Waals surface area contributed by atoms with E-state index in [4.69, 9.17) is 4.18 Å². The highest BCUT2D eigenvalue weighted by Crippen LogP contribution is 2.02. The zero-order chi connectivity index (χ0) is 5.54. The van der Waals surface area contributed by atoms with Crippen molar-refractivity contribution in [2.75, 3.05) is 17.3 Å². The van der Waals surface area contributed by atoms with Crippen LogP contribution in [0, 0.1) is 0 Å². The van der Waals surface area contributed by atoms with Gasteiger partial charge >= 0.3 is 0 Å². The van der Waals surface area contributed by atoms with Gasteiger partial charge in [-0.2, -0.15) is 0 Å². The summed E-state index contributed by atoms with van der Waals surface area (Å²) in [7, 11) is 1.71. The molecule has 0 radical (unpaired) electrons. The second-order valence-electron chi connectivity index (χ2n) is 1.03. The molecular weight excluding hydrogens is 223 g/mol. The van der Waals surface area contributed by atoms with Crippen LogP contribution in [0.15, 0.2) is 0 Å². The van der Waals surface area contributed by atoms with E-state index in [1.165, 1.54) is 22.9 Å². The second-order valence-corrected chi connectivity index (χ2v) is 3.09. The maximum absolute atomic E-state index is 4.76. The van der Waals surface area contributed by atoms with E-state index >= 15 is 0 Å². The van der Waals surface area contributed by atoms with Crippen molar-refractivity contribution in [2.24, 2.45) is 0 Å². The SMILES string of the molecule is COSCCCI. The molecule has 44 valence electrons. The van der Waals surface area contributed by atoms with Crippen LogP contribution in [-0.2, 0) is 4.18 Å². The quantitative estimate of drug-likeness (QED) is 0.317. The van der Waals surface area contributed by atoms with Crippen molar-refractivity contribution in [1.82, 2.24) is 0 Å². The summed E-state index contributed by atoms with van der Waals surface area (Å²) in [6, 6.07) is 0. The predicted molar refractivity (Wildman–Crippen MR) is 43.0 cm³/mol. The lowest BCUT2D eigenvalue weighted by Crippen LogP contribution is -1.78. The Morgan fingerprint density at radius 2 is 2.43 bits per heavy atom. The van der Waals surface area contributed by atoms with Gasteiger partial charge in [0.15, 0.2) is 0 Å². The van der Waals surface area contributed by atoms with Crippen LogP contribution in [0.25, 0.3) is 0 Å². The van der Waals surface area contributed by atoms with Crippen LogP contribution in [0.5, 0.6) is 0 Å². The highest BCUT2D eigenvalue weighted by molar-refractivity contribution is 14.1. The van der Waals surface area contributed by atoms with Crippen LogP contribution in [0.1, 0.15) is 6.42 Å². The third-order valence-corrected chi connectivity index (χ3v) is 1.93. The number of hydrogen-bond acceptors (Lipinski definition) is 2. The maximum atomic E-state index is 4.76. The first kappa shape index (κ1) is 8.04. The van der Waals surface area contributed by atoms with Gasteiger partial charge in [-0.3, -0.25) is 0 Å². The van der Waals surface area contributed by atoms with E-state index in [0.29, 0.717) is 0 Å². The zero-order valence-corrected chi connectivity index (χ0v) is 7.29. The van der Waals surface area contributed by atoms with Gasteiger partial charge in [-0.05, 0) is 18.5 Å². The van der Waals surface area contributed by atoms with Crippen molar-refractivity contribution in [3.05, 3.63) is 0 Å². The molecule has 0 atom stereocenters. The third-order valence-electron chi connectivity index (χ3n) is 0.479. The van der Waals surface area contributed by atoms with E-state index < -0.39 is 0 Å². The molecule has 0 N–H and O–H groups in total. The normalized spacial score (nSPS) is 9.43. The molecule has 0 aromatic rings. The summed E-state index contributed by atoms with van der Waals surface area (Å²) in [6.07, 6.45) is 1.25. The molecular formula is C4H9IOS. The standard InChI is InChI=1S/C4H9IOS/c1-6-7-4-2-3-5/h2-4H2,1H3. The highest BCUT2D eigenvalue weighted by atomic mass is 127. The first-order valence-corrected chi connectivity index (χ1v) is 4.57. The van der Waals surface area contributed by atoms with Crippen molar-refractivity contribution in [1.29, 1.82) is 0 Å². The molecule has 0 rings (SSSR count). The minimum atomic E-state index is 1.12. The second kappa shape index (κ2) is 7.04. The van der Waals surface area contributed by atoms with Crippen molar-refractivity contribution in [2.45, 2.75) is 6.42 Å². The predicted octanol–water partition coefficient (Wildman–Crippen LogP) is 2.11. The van der Waals surface area contributed by atoms with E-state index in [1.807, 2.05) is 0 Å². The molecule has 0 aromatic heterocycles. The van der Waals surface area contributed by atoms with E-state index in [0.717, 1.165) is 5.75 Å². The molecule has 0 spiro atoms. The smallest absolute Gasteiger partial charge is 0.0503 e. The molecule has 0 aromatic carbocycles. The summed E-state index contributed by atoms with van der Waals surface area (Å²) in [5.41, 5.74) is 0. The van der Waals surface area contributed by atoms with Crippen molar-refractivity contribution >= 4 is 34.6 Å². The van der Waals surface area contributed by atoms with Crippen LogP contribution in [0.2, 0.25) is 0 Å². The molecule has 0 saturated carbocycles. The van der Waals surface area contributed by atoms with Crippen LogP contribution in [-0.4, -0.2) is 17.3 Å². The molecule has 0 fully saturated rings. The number of rotatable bonds is 4. The fourth-order valence-electron chi connectivity index (χ4n) is 0.197. The zero-order valence-electron chi connectivity index (χ0n) is 4.32. The summed E-state index contributed by atoms with van der Waals surface area (Å²) in [5.74, 6) is 1.12. The number of halogens is 1. The molecule has 7 heavy (non-hydrogen) atoms. The van der Waals surface area contributed by atoms with Crippen molar-refractivity contribution in [3.8, 4) is 0 Å². The average Bonchev–Trinajstić information content (AvgIpc) is 1.69. The molecule has 1 nitrogen and oxygen atoms in total. The molecule has 0 heterocycles. The van der Waals surface area contributed by atoms with Gasteiger partial charge in [0.25, 0.3) is 0 Å².